The van der Waals surface area contributed by atoms with Crippen molar-refractivity contribution in [2.75, 3.05) is 25.1 Å². The summed E-state index contributed by atoms with van der Waals surface area (Å²) in [4.78, 5) is 8.00. The number of nitrogens with one attached hydrogen (secondary N) is 1. The average Bonchev–Trinajstić information content (AvgIpc) is 2.95. The van der Waals surface area contributed by atoms with E-state index in [0.29, 0.717) is 6.10 Å². The number of likely N-dealkylation sites (N-methyl/N-ethyl adjacent to an activating group) is 1. The van der Waals surface area contributed by atoms with E-state index in [-0.39, 0.29) is 5.54 Å². The molecule has 2 heterocycles. The molecular weight excluding hydrogens is 258 g/mol. The molecule has 0 amide bonds. The highest BCUT2D eigenvalue weighted by Gasteiger charge is 2.19. The number of anilines is 1. The largest absolute Gasteiger partial charge is 0.376 e. The Kier molecular flexibility index (Phi) is 4.81. The first kappa shape index (κ1) is 14.8. The topological polar surface area (TPSA) is 37.4 Å². The normalized spacial score (nSPS) is 19.9. The Balaban J connectivity index is 1.85. The van der Waals surface area contributed by atoms with Crippen molar-refractivity contribution in [3.63, 3.8) is 0 Å². The second-order valence-corrected chi connectivity index (χ2v) is 7.32. The van der Waals surface area contributed by atoms with Crippen LogP contribution in [0, 0.1) is 0 Å². The molecule has 1 atom stereocenters. The zero-order chi connectivity index (χ0) is 13.9. The van der Waals surface area contributed by atoms with Gasteiger partial charge in [-0.25, -0.2) is 4.98 Å². The van der Waals surface area contributed by atoms with Gasteiger partial charge in [0.2, 0.25) is 0 Å². The van der Waals surface area contributed by atoms with Crippen LogP contribution in [-0.2, 0) is 11.3 Å². The second-order valence-electron chi connectivity index (χ2n) is 6.23. The van der Waals surface area contributed by atoms with Gasteiger partial charge in [-0.3, -0.25) is 0 Å². The molecular formula is C14H25N3OS. The molecule has 2 rings (SSSR count). The Hall–Kier alpha value is -0.650. The highest BCUT2D eigenvalue weighted by molar-refractivity contribution is 7.15. The van der Waals surface area contributed by atoms with Gasteiger partial charge in [0.25, 0.3) is 0 Å². The van der Waals surface area contributed by atoms with Crippen LogP contribution >= 0.6 is 11.3 Å². The third-order valence-electron chi connectivity index (χ3n) is 3.16. The van der Waals surface area contributed by atoms with Crippen LogP contribution in [0.25, 0.3) is 0 Å². The monoisotopic (exact) mass is 283 g/mol. The van der Waals surface area contributed by atoms with Crippen molar-refractivity contribution < 1.29 is 4.74 Å². The maximum absolute atomic E-state index is 5.67. The molecule has 1 aliphatic heterocycles. The molecule has 1 aliphatic rings. The van der Waals surface area contributed by atoms with E-state index in [1.165, 1.54) is 17.7 Å². The fourth-order valence-corrected chi connectivity index (χ4v) is 2.90. The molecule has 1 aromatic heterocycles. The minimum absolute atomic E-state index is 0.147. The van der Waals surface area contributed by atoms with E-state index >= 15 is 0 Å². The predicted molar refractivity (Wildman–Crippen MR) is 81.0 cm³/mol. The van der Waals surface area contributed by atoms with E-state index in [0.717, 1.165) is 24.8 Å². The minimum atomic E-state index is 0.147. The Labute approximate surface area is 120 Å². The van der Waals surface area contributed by atoms with E-state index in [1.54, 1.807) is 11.3 Å². The highest BCUT2D eigenvalue weighted by Crippen LogP contribution is 2.23. The van der Waals surface area contributed by atoms with Crippen LogP contribution in [-0.4, -0.2) is 36.8 Å². The average molecular weight is 283 g/mol. The molecule has 0 radical (unpaired) electrons. The van der Waals surface area contributed by atoms with Gasteiger partial charge in [-0.1, -0.05) is 0 Å². The number of hydrogen-bond acceptors (Lipinski definition) is 5. The minimum Gasteiger partial charge on any atom is -0.376 e. The van der Waals surface area contributed by atoms with Gasteiger partial charge in [-0.05, 0) is 33.6 Å². The Morgan fingerprint density at radius 1 is 1.53 bits per heavy atom. The number of ether oxygens (including phenoxy) is 1. The van der Waals surface area contributed by atoms with Crippen molar-refractivity contribution in [1.82, 2.24) is 10.3 Å². The lowest BCUT2D eigenvalue weighted by atomic mass is 10.1. The standard InChI is InChI=1S/C14H25N3OS/c1-14(2,3)16-9-12-8-15-13(19-12)17(4)10-11-6-5-7-18-11/h8,11,16H,5-7,9-10H2,1-4H3. The summed E-state index contributed by atoms with van der Waals surface area (Å²) in [6, 6.07) is 0. The highest BCUT2D eigenvalue weighted by atomic mass is 32.1. The van der Waals surface area contributed by atoms with Gasteiger partial charge < -0.3 is 15.0 Å². The van der Waals surface area contributed by atoms with E-state index < -0.39 is 0 Å². The van der Waals surface area contributed by atoms with E-state index in [4.69, 9.17) is 4.74 Å². The molecule has 0 aromatic carbocycles. The molecule has 1 aromatic rings. The van der Waals surface area contributed by atoms with E-state index in [9.17, 15) is 0 Å². The molecule has 0 spiro atoms. The molecule has 0 bridgehead atoms. The van der Waals surface area contributed by atoms with Crippen molar-refractivity contribution in [2.24, 2.45) is 0 Å². The summed E-state index contributed by atoms with van der Waals surface area (Å²) in [6.45, 7) is 9.28. The Morgan fingerprint density at radius 3 is 2.95 bits per heavy atom. The van der Waals surface area contributed by atoms with Crippen LogP contribution in [0.4, 0.5) is 5.13 Å². The Bertz CT molecular complexity index is 394. The lowest BCUT2D eigenvalue weighted by Crippen LogP contribution is -2.34. The quantitative estimate of drug-likeness (QED) is 0.901. The summed E-state index contributed by atoms with van der Waals surface area (Å²) < 4.78 is 5.67. The molecule has 4 nitrogen and oxygen atoms in total. The Morgan fingerprint density at radius 2 is 2.32 bits per heavy atom. The van der Waals surface area contributed by atoms with Gasteiger partial charge in [0, 0.05) is 43.4 Å². The lowest BCUT2D eigenvalue weighted by molar-refractivity contribution is 0.116. The maximum Gasteiger partial charge on any atom is 0.185 e. The van der Waals surface area contributed by atoms with E-state index in [1.807, 2.05) is 6.20 Å². The first-order chi connectivity index (χ1) is 8.94. The first-order valence-electron chi connectivity index (χ1n) is 6.96. The smallest absolute Gasteiger partial charge is 0.185 e. The molecule has 108 valence electrons. The van der Waals surface area contributed by atoms with Crippen molar-refractivity contribution >= 4 is 16.5 Å². The predicted octanol–water partition coefficient (Wildman–Crippen LogP) is 2.65. The maximum atomic E-state index is 5.67. The van der Waals surface area contributed by atoms with Crippen molar-refractivity contribution in [2.45, 2.75) is 51.8 Å². The van der Waals surface area contributed by atoms with Crippen LogP contribution < -0.4 is 10.2 Å². The summed E-state index contributed by atoms with van der Waals surface area (Å²) in [7, 11) is 2.10. The van der Waals surface area contributed by atoms with Crippen LogP contribution in [0.5, 0.6) is 0 Å². The van der Waals surface area contributed by atoms with Gasteiger partial charge >= 0.3 is 0 Å². The molecule has 1 N–H and O–H groups in total. The molecule has 0 aliphatic carbocycles. The van der Waals surface area contributed by atoms with Crippen LogP contribution in [0.2, 0.25) is 0 Å². The molecule has 1 fully saturated rings. The van der Waals surface area contributed by atoms with Gasteiger partial charge in [-0.2, -0.15) is 0 Å². The fraction of sp³-hybridized carbons (Fsp3) is 0.786. The third-order valence-corrected chi connectivity index (χ3v) is 4.27. The second kappa shape index (κ2) is 6.20. The van der Waals surface area contributed by atoms with Gasteiger partial charge in [-0.15, -0.1) is 11.3 Å². The molecule has 5 heteroatoms. The molecule has 1 saturated heterocycles. The fourth-order valence-electron chi connectivity index (χ4n) is 2.08. The summed E-state index contributed by atoms with van der Waals surface area (Å²) in [5, 5.41) is 4.58. The SMILES string of the molecule is CN(CC1CCCO1)c1ncc(CNC(C)(C)C)s1. The molecule has 1 unspecified atom stereocenters. The zero-order valence-electron chi connectivity index (χ0n) is 12.4. The lowest BCUT2D eigenvalue weighted by Gasteiger charge is -2.20. The number of rotatable bonds is 5. The number of thiazole rings is 1. The molecule has 19 heavy (non-hydrogen) atoms. The summed E-state index contributed by atoms with van der Waals surface area (Å²) in [6.07, 6.45) is 4.72. The van der Waals surface area contributed by atoms with Crippen LogP contribution in [0.1, 0.15) is 38.5 Å². The molecule has 0 saturated carbocycles. The first-order valence-corrected chi connectivity index (χ1v) is 7.78. The number of aromatic nitrogens is 1. The van der Waals surface area contributed by atoms with Crippen molar-refractivity contribution in [1.29, 1.82) is 0 Å². The van der Waals surface area contributed by atoms with Crippen molar-refractivity contribution in [3.05, 3.63) is 11.1 Å². The van der Waals surface area contributed by atoms with Gasteiger partial charge in [0.1, 0.15) is 0 Å². The van der Waals surface area contributed by atoms with Gasteiger partial charge in [0.05, 0.1) is 6.10 Å². The summed E-state index contributed by atoms with van der Waals surface area (Å²) in [5.41, 5.74) is 0.147. The third kappa shape index (κ3) is 4.75. The van der Waals surface area contributed by atoms with Gasteiger partial charge in [0.15, 0.2) is 5.13 Å². The summed E-state index contributed by atoms with van der Waals surface area (Å²) >= 11 is 1.76. The number of nitrogens with zero attached hydrogens (tertiary/aromatic N) is 2. The van der Waals surface area contributed by atoms with Crippen molar-refractivity contribution in [3.8, 4) is 0 Å². The van der Waals surface area contributed by atoms with Crippen LogP contribution in [0.15, 0.2) is 6.20 Å². The van der Waals surface area contributed by atoms with E-state index in [2.05, 4.69) is 43.0 Å². The summed E-state index contributed by atoms with van der Waals surface area (Å²) in [5.74, 6) is 0. The number of hydrogen-bond donors (Lipinski definition) is 1. The zero-order valence-corrected chi connectivity index (χ0v) is 13.2. The van der Waals surface area contributed by atoms with Crippen LogP contribution in [0.3, 0.4) is 0 Å².